The monoisotopic (exact) mass is 220 g/mol. The standard InChI is InChI=1S/C15H24O/c1-10-2-6-14-11(8-10)3-4-12-9-13(16)5-7-15(12)14/h10-12,14-15H,2-9H2,1H3. The Morgan fingerprint density at radius 1 is 0.938 bits per heavy atom. The number of hydrogen-bond acceptors (Lipinski definition) is 1. The second-order valence-corrected chi connectivity index (χ2v) is 6.62. The molecule has 0 aromatic carbocycles. The van der Waals surface area contributed by atoms with E-state index in [1.165, 1.54) is 38.5 Å². The number of ketones is 1. The molecule has 0 radical (unpaired) electrons. The number of Topliss-reactive ketones (excluding diaryl/α,β-unsaturated/α-hetero) is 1. The molecule has 3 saturated carbocycles. The van der Waals surface area contributed by atoms with Gasteiger partial charge in [-0.05, 0) is 61.7 Å². The molecule has 0 N–H and O–H groups in total. The fourth-order valence-corrected chi connectivity index (χ4v) is 4.83. The van der Waals surface area contributed by atoms with Gasteiger partial charge in [-0.2, -0.15) is 0 Å². The van der Waals surface area contributed by atoms with Gasteiger partial charge in [-0.3, -0.25) is 4.79 Å². The normalized spacial score (nSPS) is 48.3. The summed E-state index contributed by atoms with van der Waals surface area (Å²) < 4.78 is 0. The van der Waals surface area contributed by atoms with Gasteiger partial charge in [-0.1, -0.05) is 13.3 Å². The number of carbonyl (C=O) groups is 1. The fraction of sp³-hybridized carbons (Fsp3) is 0.933. The molecule has 0 aromatic heterocycles. The van der Waals surface area contributed by atoms with E-state index >= 15 is 0 Å². The van der Waals surface area contributed by atoms with Crippen LogP contribution in [0.3, 0.4) is 0 Å². The largest absolute Gasteiger partial charge is 0.300 e. The molecule has 3 aliphatic carbocycles. The van der Waals surface area contributed by atoms with Crippen molar-refractivity contribution in [2.75, 3.05) is 0 Å². The Kier molecular flexibility index (Phi) is 2.81. The fourth-order valence-electron chi connectivity index (χ4n) is 4.83. The number of hydrogen-bond donors (Lipinski definition) is 0. The molecule has 1 nitrogen and oxygen atoms in total. The highest BCUT2D eigenvalue weighted by molar-refractivity contribution is 5.79. The second-order valence-electron chi connectivity index (χ2n) is 6.62. The van der Waals surface area contributed by atoms with Crippen molar-refractivity contribution in [2.24, 2.45) is 29.6 Å². The summed E-state index contributed by atoms with van der Waals surface area (Å²) in [4.78, 5) is 11.5. The molecule has 0 aromatic rings. The second kappa shape index (κ2) is 4.16. The van der Waals surface area contributed by atoms with Crippen LogP contribution in [0.1, 0.15) is 58.3 Å². The third-order valence-electron chi connectivity index (χ3n) is 5.61. The van der Waals surface area contributed by atoms with Gasteiger partial charge in [0.2, 0.25) is 0 Å². The Hall–Kier alpha value is -0.330. The molecular formula is C15H24O. The Bertz CT molecular complexity index is 283. The molecule has 5 atom stereocenters. The third kappa shape index (κ3) is 1.83. The quantitative estimate of drug-likeness (QED) is 0.606. The van der Waals surface area contributed by atoms with Crippen molar-refractivity contribution < 1.29 is 4.79 Å². The van der Waals surface area contributed by atoms with Gasteiger partial charge in [0.05, 0.1) is 0 Å². The summed E-state index contributed by atoms with van der Waals surface area (Å²) in [5.74, 6) is 5.20. The van der Waals surface area contributed by atoms with Crippen LogP contribution in [0.15, 0.2) is 0 Å². The number of carbonyl (C=O) groups excluding carboxylic acids is 1. The molecule has 3 aliphatic rings. The van der Waals surface area contributed by atoms with E-state index in [4.69, 9.17) is 0 Å². The Labute approximate surface area is 99.0 Å². The lowest BCUT2D eigenvalue weighted by atomic mass is 9.56. The first-order valence-electron chi connectivity index (χ1n) is 7.25. The predicted octanol–water partition coefficient (Wildman–Crippen LogP) is 3.82. The molecule has 90 valence electrons. The van der Waals surface area contributed by atoms with Crippen LogP contribution >= 0.6 is 0 Å². The van der Waals surface area contributed by atoms with Crippen molar-refractivity contribution in [1.29, 1.82) is 0 Å². The van der Waals surface area contributed by atoms with Gasteiger partial charge in [0, 0.05) is 12.8 Å². The van der Waals surface area contributed by atoms with Crippen molar-refractivity contribution in [3.8, 4) is 0 Å². The van der Waals surface area contributed by atoms with E-state index < -0.39 is 0 Å². The third-order valence-corrected chi connectivity index (χ3v) is 5.61. The zero-order valence-electron chi connectivity index (χ0n) is 10.5. The number of fused-ring (bicyclic) bond motifs is 3. The Morgan fingerprint density at radius 3 is 2.56 bits per heavy atom. The molecule has 0 amide bonds. The molecule has 0 bridgehead atoms. The van der Waals surface area contributed by atoms with Crippen LogP contribution in [0.5, 0.6) is 0 Å². The highest BCUT2D eigenvalue weighted by atomic mass is 16.1. The Balaban J connectivity index is 1.73. The summed E-state index contributed by atoms with van der Waals surface area (Å²) in [5, 5.41) is 0. The first kappa shape index (κ1) is 10.8. The first-order valence-corrected chi connectivity index (χ1v) is 7.25. The maximum Gasteiger partial charge on any atom is 0.133 e. The van der Waals surface area contributed by atoms with Crippen molar-refractivity contribution in [3.63, 3.8) is 0 Å². The summed E-state index contributed by atoms with van der Waals surface area (Å²) in [6.45, 7) is 2.42. The Morgan fingerprint density at radius 2 is 1.69 bits per heavy atom. The molecule has 0 spiro atoms. The summed E-state index contributed by atoms with van der Waals surface area (Å²) in [7, 11) is 0. The van der Waals surface area contributed by atoms with Crippen LogP contribution in [0, 0.1) is 29.6 Å². The lowest BCUT2D eigenvalue weighted by Gasteiger charge is -2.48. The molecule has 0 saturated heterocycles. The SMILES string of the molecule is CC1CCC2C(CCC3CC(=O)CCC32)C1. The summed E-state index contributed by atoms with van der Waals surface area (Å²) in [5.41, 5.74) is 0. The van der Waals surface area contributed by atoms with Crippen molar-refractivity contribution in [3.05, 3.63) is 0 Å². The highest BCUT2D eigenvalue weighted by Crippen LogP contribution is 2.51. The van der Waals surface area contributed by atoms with E-state index in [2.05, 4.69) is 6.92 Å². The summed E-state index contributed by atoms with van der Waals surface area (Å²) in [6.07, 6.45) is 10.2. The maximum absolute atomic E-state index is 11.5. The van der Waals surface area contributed by atoms with E-state index in [1.54, 1.807) is 0 Å². The molecule has 5 unspecified atom stereocenters. The van der Waals surface area contributed by atoms with Gasteiger partial charge in [0.15, 0.2) is 0 Å². The van der Waals surface area contributed by atoms with E-state index in [-0.39, 0.29) is 0 Å². The minimum absolute atomic E-state index is 0.545. The topological polar surface area (TPSA) is 17.1 Å². The van der Waals surface area contributed by atoms with Crippen LogP contribution in [0.4, 0.5) is 0 Å². The first-order chi connectivity index (χ1) is 7.74. The molecular weight excluding hydrogens is 196 g/mol. The molecule has 3 fully saturated rings. The van der Waals surface area contributed by atoms with E-state index in [0.29, 0.717) is 5.78 Å². The molecule has 16 heavy (non-hydrogen) atoms. The van der Waals surface area contributed by atoms with Crippen LogP contribution in [-0.2, 0) is 4.79 Å². The molecule has 0 heterocycles. The number of rotatable bonds is 0. The van der Waals surface area contributed by atoms with Gasteiger partial charge in [0.25, 0.3) is 0 Å². The zero-order chi connectivity index (χ0) is 11.1. The lowest BCUT2D eigenvalue weighted by molar-refractivity contribution is -0.125. The van der Waals surface area contributed by atoms with E-state index in [9.17, 15) is 4.79 Å². The van der Waals surface area contributed by atoms with Crippen LogP contribution < -0.4 is 0 Å². The average molecular weight is 220 g/mol. The van der Waals surface area contributed by atoms with Gasteiger partial charge in [-0.15, -0.1) is 0 Å². The van der Waals surface area contributed by atoms with E-state index in [1.807, 2.05) is 0 Å². The lowest BCUT2D eigenvalue weighted by Crippen LogP contribution is -2.41. The van der Waals surface area contributed by atoms with Crippen LogP contribution in [-0.4, -0.2) is 5.78 Å². The van der Waals surface area contributed by atoms with E-state index in [0.717, 1.165) is 42.4 Å². The van der Waals surface area contributed by atoms with Crippen LogP contribution in [0.25, 0.3) is 0 Å². The minimum Gasteiger partial charge on any atom is -0.300 e. The summed E-state index contributed by atoms with van der Waals surface area (Å²) >= 11 is 0. The molecule has 1 heteroatoms. The van der Waals surface area contributed by atoms with Gasteiger partial charge in [0.1, 0.15) is 5.78 Å². The maximum atomic E-state index is 11.5. The van der Waals surface area contributed by atoms with Gasteiger partial charge >= 0.3 is 0 Å². The predicted molar refractivity (Wildman–Crippen MR) is 65.1 cm³/mol. The van der Waals surface area contributed by atoms with Gasteiger partial charge in [-0.25, -0.2) is 0 Å². The highest BCUT2D eigenvalue weighted by Gasteiger charge is 2.43. The van der Waals surface area contributed by atoms with Gasteiger partial charge < -0.3 is 0 Å². The summed E-state index contributed by atoms with van der Waals surface area (Å²) in [6, 6.07) is 0. The molecule has 3 rings (SSSR count). The smallest absolute Gasteiger partial charge is 0.133 e. The van der Waals surface area contributed by atoms with Crippen molar-refractivity contribution >= 4 is 5.78 Å². The van der Waals surface area contributed by atoms with Crippen LogP contribution in [0.2, 0.25) is 0 Å². The van der Waals surface area contributed by atoms with Crippen molar-refractivity contribution in [1.82, 2.24) is 0 Å². The zero-order valence-corrected chi connectivity index (χ0v) is 10.5. The average Bonchev–Trinajstić information content (AvgIpc) is 2.28. The molecule has 0 aliphatic heterocycles. The minimum atomic E-state index is 0.545. The van der Waals surface area contributed by atoms with Crippen molar-refractivity contribution in [2.45, 2.75) is 58.3 Å².